The zero-order valence-corrected chi connectivity index (χ0v) is 65.2. The third-order valence-electron chi connectivity index (χ3n) is 18.7. The smallest absolute Gasteiger partial charge is 0.356 e. The number of allylic oxidation sites excluding steroid dienone is 2. The number of nitrogens with zero attached hydrogens (tertiary/aromatic N) is 6. The van der Waals surface area contributed by atoms with Gasteiger partial charge in [-0.3, -0.25) is 14.8 Å². The minimum Gasteiger partial charge on any atom is -0.491 e. The van der Waals surface area contributed by atoms with Gasteiger partial charge in [0.25, 0.3) is 0 Å². The third-order valence-corrected chi connectivity index (χ3v) is 18.7. The standard InChI is InChI=1S/C11H13N.C10H10O.C10H10.C9H11NO2.C9H13NO2.3C9H9N.C8H8N2.C8H11NO3/c1-8-4-5-10-7-9(2)12(3)11(10)6-8;1-7-2-3-8-5-10(11)6-9(8)4-7;1-8-5-6-9-3-2-4-10(9)7-8;1-5-4-7(6-2-3-6)8(10-5)9(11)12;1-3-4-10-6-7(2)5-8(10)9(11)12;1-7-2-3-8-5-10-6-9(8)4-7;2*1-7-2-3-8-4-5-10-9(8)6-7;1-7-2-3-8-9-4-5-10(8)6-7;1-3-12-6-4-5(2)9-7(6)8(10)11/h4-6H,2,7H2,1,3H3;2-4H,5-6H2,1H3;2,4-7H,3H2,1H3;4,6,10H,2-3H2,1H3,(H,11,12);5-6H,3-4H2,1-2H3,(H,11,12);2-4,6H,5H2,1H3;2-3,5-6H,4H2,1H3;2-6,10H,1H3;2-6H,1H3;4,9H,3H2,1-2H3,(H,10,11). The molecule has 109 heavy (non-hydrogen) atoms. The van der Waals surface area contributed by atoms with Gasteiger partial charge in [0.2, 0.25) is 0 Å². The number of aromatic carboxylic acids is 3. The van der Waals surface area contributed by atoms with Gasteiger partial charge in [-0.05, 0) is 234 Å². The predicted molar refractivity (Wildman–Crippen MR) is 443 cm³/mol. The van der Waals surface area contributed by atoms with E-state index in [0.29, 0.717) is 48.3 Å². The lowest BCUT2D eigenvalue weighted by molar-refractivity contribution is -0.117. The summed E-state index contributed by atoms with van der Waals surface area (Å²) in [7, 11) is 2.08. The zero-order valence-electron chi connectivity index (χ0n) is 65.2. The third kappa shape index (κ3) is 23.4. The highest BCUT2D eigenvalue weighted by atomic mass is 16.5. The van der Waals surface area contributed by atoms with Gasteiger partial charge in [-0.2, -0.15) is 0 Å². The molecule has 6 N–H and O–H groups in total. The van der Waals surface area contributed by atoms with Crippen molar-refractivity contribution in [3.05, 3.63) is 318 Å². The normalized spacial score (nSPS) is 12.9. The lowest BCUT2D eigenvalue weighted by atomic mass is 10.1. The van der Waals surface area contributed by atoms with E-state index in [4.69, 9.17) is 20.1 Å². The van der Waals surface area contributed by atoms with E-state index in [0.717, 1.165) is 85.5 Å². The first-order chi connectivity index (χ1) is 52.2. The van der Waals surface area contributed by atoms with Crippen LogP contribution >= 0.6 is 0 Å². The highest BCUT2D eigenvalue weighted by Crippen LogP contribution is 2.42. The molecular weight excluding hydrogens is 1360 g/mol. The number of ketones is 1. The number of pyridine rings is 1. The maximum absolute atomic E-state index is 11.0. The number of Topliss-reactive ketones (excluding diaryl/α,β-unsaturated/α-hetero) is 1. The zero-order chi connectivity index (χ0) is 78.4. The Morgan fingerprint density at radius 2 is 1.20 bits per heavy atom. The van der Waals surface area contributed by atoms with Gasteiger partial charge in [-0.1, -0.05) is 139 Å². The number of carboxylic acid groups (broad SMARTS) is 3. The Bertz CT molecular complexity index is 5000. The second-order valence-corrected chi connectivity index (χ2v) is 28.4. The van der Waals surface area contributed by atoms with Crippen LogP contribution in [0.15, 0.2) is 205 Å². The number of fused-ring (bicyclic) bond motifs is 7. The number of nitrogens with one attached hydrogen (secondary N) is 3. The maximum atomic E-state index is 11.0. The number of rotatable bonds is 8. The van der Waals surface area contributed by atoms with Crippen LogP contribution in [0.2, 0.25) is 0 Å². The van der Waals surface area contributed by atoms with Crippen LogP contribution < -0.4 is 9.64 Å². The number of ether oxygens (including phenoxy) is 1. The minimum atomic E-state index is -0.994. The van der Waals surface area contributed by atoms with Gasteiger partial charge in [0, 0.05) is 117 Å². The highest BCUT2D eigenvalue weighted by Gasteiger charge is 2.29. The SMILES string of the molecule is C=C1Cc2ccc(C)cc2N1C.CCCn1cc(C)cc1C(=O)O.CCOc1cc(C)[nH]c1C(=O)O.Cc1cc(C2CC2)c(C(=O)O)[nH]1.Cc1ccc2c(c1)C=CC2.Cc1ccc2c(c1)C=NC2.Cc1ccc2c(c1)CC(=O)C2.Cc1ccc2c(c1)N=CC2.Cc1ccc2cc[nH]c2c1.Cc1ccc2nccn2c1. The van der Waals surface area contributed by atoms with Crippen molar-refractivity contribution in [2.24, 2.45) is 9.98 Å². The van der Waals surface area contributed by atoms with Gasteiger partial charge in [-0.25, -0.2) is 19.4 Å². The Morgan fingerprint density at radius 3 is 1.90 bits per heavy atom. The molecule has 0 unspecified atom stereocenters. The molecule has 3 aliphatic carbocycles. The predicted octanol–water partition coefficient (Wildman–Crippen LogP) is 20.3. The largest absolute Gasteiger partial charge is 0.491 e. The van der Waals surface area contributed by atoms with Crippen molar-refractivity contribution >= 4 is 70.1 Å². The summed E-state index contributed by atoms with van der Waals surface area (Å²) in [6.45, 7) is 30.2. The summed E-state index contributed by atoms with van der Waals surface area (Å²) in [5.41, 5.74) is 30.3. The molecule has 17 heteroatoms. The number of imidazole rings is 1. The molecular formula is C92H103N9O8. The van der Waals surface area contributed by atoms with E-state index in [2.05, 4.69) is 237 Å². The summed E-state index contributed by atoms with van der Waals surface area (Å²) in [6, 6.07) is 50.1. The number of aryl methyl sites for hydroxylation is 11. The number of likely N-dealkylation sites (N-methyl/N-ethyl adjacent to an activating group) is 1. The van der Waals surface area contributed by atoms with Crippen molar-refractivity contribution in [2.45, 2.75) is 153 Å². The average molecular weight is 1460 g/mol. The van der Waals surface area contributed by atoms with Crippen molar-refractivity contribution in [2.75, 3.05) is 18.6 Å². The lowest BCUT2D eigenvalue weighted by Gasteiger charge is -2.13. The Balaban J connectivity index is 0.000000140. The molecule has 3 aliphatic heterocycles. The van der Waals surface area contributed by atoms with Crippen LogP contribution in [0.3, 0.4) is 0 Å². The number of hydrogen-bond acceptors (Lipinski definition) is 9. The number of aromatic nitrogens is 6. The summed E-state index contributed by atoms with van der Waals surface area (Å²) < 4.78 is 8.89. The lowest BCUT2D eigenvalue weighted by Crippen LogP contribution is -2.09. The number of carbonyl (C=O) groups is 4. The number of carboxylic acids is 3. The molecule has 9 heterocycles. The van der Waals surface area contributed by atoms with Gasteiger partial charge >= 0.3 is 17.9 Å². The van der Waals surface area contributed by atoms with Crippen LogP contribution in [0.4, 0.5) is 11.4 Å². The van der Waals surface area contributed by atoms with Crippen molar-refractivity contribution in [3.63, 3.8) is 0 Å². The van der Waals surface area contributed by atoms with E-state index in [1.165, 1.54) is 106 Å². The summed E-state index contributed by atoms with van der Waals surface area (Å²) in [5.74, 6) is -1.43. The molecule has 6 aromatic carbocycles. The van der Waals surface area contributed by atoms with E-state index in [9.17, 15) is 19.2 Å². The number of aromatic amines is 3. The fourth-order valence-electron chi connectivity index (χ4n) is 13.0. The number of H-pyrrole nitrogens is 3. The van der Waals surface area contributed by atoms with Crippen LogP contribution in [0.5, 0.6) is 5.75 Å². The average Bonchev–Trinajstić information content (AvgIpc) is 1.66. The molecule has 1 saturated carbocycles. The molecule has 1 fully saturated rings. The monoisotopic (exact) mass is 1460 g/mol. The molecule has 0 atom stereocenters. The summed E-state index contributed by atoms with van der Waals surface area (Å²) in [5, 5.41) is 27.6. The molecule has 17 nitrogen and oxygen atoms in total. The molecule has 0 spiro atoms. The van der Waals surface area contributed by atoms with Gasteiger partial charge in [0.05, 0.1) is 18.8 Å². The molecule has 564 valence electrons. The summed E-state index contributed by atoms with van der Waals surface area (Å²) in [6.07, 6.45) is 25.6. The topological polar surface area (TPSA) is 236 Å². The molecule has 6 aliphatic rings. The van der Waals surface area contributed by atoms with Crippen LogP contribution in [-0.2, 0) is 50.0 Å². The quantitative estimate of drug-likeness (QED) is 0.0842. The molecule has 12 aromatic rings. The van der Waals surface area contributed by atoms with Crippen LogP contribution in [0.1, 0.15) is 176 Å². The Morgan fingerprint density at radius 1 is 0.587 bits per heavy atom. The van der Waals surface area contributed by atoms with Crippen molar-refractivity contribution in [1.29, 1.82) is 0 Å². The molecule has 6 aromatic heterocycles. The van der Waals surface area contributed by atoms with Crippen LogP contribution in [0.25, 0.3) is 22.6 Å². The van der Waals surface area contributed by atoms with Gasteiger partial charge in [-0.15, -0.1) is 0 Å². The molecule has 18 rings (SSSR count). The van der Waals surface area contributed by atoms with E-state index in [1.807, 2.05) is 75.2 Å². The second kappa shape index (κ2) is 38.4. The molecule has 0 amide bonds. The van der Waals surface area contributed by atoms with Crippen molar-refractivity contribution in [3.8, 4) is 5.75 Å². The molecule has 0 saturated heterocycles. The first-order valence-electron chi connectivity index (χ1n) is 37.1. The Kier molecular flexibility index (Phi) is 28.5. The maximum Gasteiger partial charge on any atom is 0.356 e. The number of anilines is 1. The molecule has 0 radical (unpaired) electrons. The first kappa shape index (κ1) is 81.0. The first-order valence-corrected chi connectivity index (χ1v) is 37.1. The van der Waals surface area contributed by atoms with Crippen molar-refractivity contribution in [1.82, 2.24) is 28.9 Å². The van der Waals surface area contributed by atoms with Gasteiger partial charge < -0.3 is 48.9 Å². The van der Waals surface area contributed by atoms with Crippen LogP contribution in [-0.4, -0.2) is 94.0 Å². The number of benzene rings is 6. The van der Waals surface area contributed by atoms with Crippen molar-refractivity contribution < 1.29 is 39.2 Å². The van der Waals surface area contributed by atoms with Gasteiger partial charge in [0.1, 0.15) is 22.8 Å². The summed E-state index contributed by atoms with van der Waals surface area (Å²) >= 11 is 0. The van der Waals surface area contributed by atoms with E-state index >= 15 is 0 Å². The summed E-state index contributed by atoms with van der Waals surface area (Å²) in [4.78, 5) is 66.5. The van der Waals surface area contributed by atoms with E-state index < -0.39 is 17.9 Å². The van der Waals surface area contributed by atoms with E-state index in [1.54, 1.807) is 29.8 Å². The number of hydrogen-bond donors (Lipinski definition) is 6. The number of aliphatic imine (C=N–C) groups is 2. The fourth-order valence-corrected chi connectivity index (χ4v) is 13.0. The highest BCUT2D eigenvalue weighted by molar-refractivity contribution is 5.90. The van der Waals surface area contributed by atoms with Gasteiger partial charge in [0.15, 0.2) is 11.4 Å². The Labute approximate surface area is 640 Å². The molecule has 0 bridgehead atoms. The fraction of sp³-hybridized carbons (Fsp3) is 0.272. The van der Waals surface area contributed by atoms with Crippen LogP contribution in [0, 0.1) is 69.2 Å². The Hall–Kier alpha value is -12.1. The van der Waals surface area contributed by atoms with E-state index in [-0.39, 0.29) is 5.69 Å². The second-order valence-electron chi connectivity index (χ2n) is 28.4. The minimum absolute atomic E-state index is 0.120. The number of carbonyl (C=O) groups excluding carboxylic acids is 1.